The largest absolute Gasteiger partial charge is 0.391 e. The quantitative estimate of drug-likeness (QED) is 0.726. The molecular formula is C10H13N3O. The average Bonchev–Trinajstić information content (AvgIpc) is 2.66. The zero-order chi connectivity index (χ0) is 9.97. The first-order valence-electron chi connectivity index (χ1n) is 4.94. The van der Waals surface area contributed by atoms with Crippen molar-refractivity contribution in [1.29, 1.82) is 5.26 Å². The predicted molar refractivity (Wildman–Crippen MR) is 50.5 cm³/mol. The Morgan fingerprint density at radius 1 is 1.50 bits per heavy atom. The molecule has 14 heavy (non-hydrogen) atoms. The molecule has 1 aromatic heterocycles. The van der Waals surface area contributed by atoms with Crippen molar-refractivity contribution < 1.29 is 5.11 Å². The monoisotopic (exact) mass is 191 g/mol. The Labute approximate surface area is 82.8 Å². The van der Waals surface area contributed by atoms with E-state index in [0.29, 0.717) is 5.69 Å². The molecule has 1 saturated carbocycles. The third kappa shape index (κ3) is 1.51. The van der Waals surface area contributed by atoms with Crippen LogP contribution in [0, 0.1) is 11.3 Å². The van der Waals surface area contributed by atoms with Gasteiger partial charge in [-0.1, -0.05) is 12.8 Å². The van der Waals surface area contributed by atoms with E-state index in [2.05, 4.69) is 11.2 Å². The van der Waals surface area contributed by atoms with Crippen LogP contribution in [0.5, 0.6) is 0 Å². The molecule has 0 aliphatic heterocycles. The van der Waals surface area contributed by atoms with Crippen molar-refractivity contribution in [3.8, 4) is 6.07 Å². The Morgan fingerprint density at radius 2 is 2.29 bits per heavy atom. The summed E-state index contributed by atoms with van der Waals surface area (Å²) in [4.78, 5) is 0. The first kappa shape index (κ1) is 9.22. The van der Waals surface area contributed by atoms with Gasteiger partial charge in [-0.15, -0.1) is 0 Å². The second-order valence-electron chi connectivity index (χ2n) is 3.69. The van der Waals surface area contributed by atoms with E-state index in [4.69, 9.17) is 5.26 Å². The lowest BCUT2D eigenvalue weighted by atomic mass is 9.92. The Kier molecular flexibility index (Phi) is 2.51. The molecule has 0 aromatic carbocycles. The summed E-state index contributed by atoms with van der Waals surface area (Å²) in [6.07, 6.45) is 5.16. The third-order valence-electron chi connectivity index (χ3n) is 2.79. The highest BCUT2D eigenvalue weighted by molar-refractivity contribution is 5.19. The van der Waals surface area contributed by atoms with E-state index in [9.17, 15) is 5.11 Å². The standard InChI is InChI=1S/C10H13N3O/c11-7-8-5-6-12-13(8)9-3-1-2-4-10(9)14/h5-6,9-10,14H,1-4H2. The Hall–Kier alpha value is -1.34. The highest BCUT2D eigenvalue weighted by Gasteiger charge is 2.26. The summed E-state index contributed by atoms with van der Waals surface area (Å²) in [6.45, 7) is 0. The summed E-state index contributed by atoms with van der Waals surface area (Å²) in [5.41, 5.74) is 0.538. The lowest BCUT2D eigenvalue weighted by Gasteiger charge is -2.28. The smallest absolute Gasteiger partial charge is 0.138 e. The van der Waals surface area contributed by atoms with Gasteiger partial charge in [-0.25, -0.2) is 4.68 Å². The van der Waals surface area contributed by atoms with Gasteiger partial charge in [0.2, 0.25) is 0 Å². The fraction of sp³-hybridized carbons (Fsp3) is 0.600. The van der Waals surface area contributed by atoms with Crippen LogP contribution in [0.4, 0.5) is 0 Å². The van der Waals surface area contributed by atoms with Crippen LogP contribution in [0.25, 0.3) is 0 Å². The fourth-order valence-electron chi connectivity index (χ4n) is 2.04. The summed E-state index contributed by atoms with van der Waals surface area (Å²) in [7, 11) is 0. The van der Waals surface area contributed by atoms with E-state index >= 15 is 0 Å². The second-order valence-corrected chi connectivity index (χ2v) is 3.69. The zero-order valence-corrected chi connectivity index (χ0v) is 7.93. The Bertz CT molecular complexity index is 352. The maximum Gasteiger partial charge on any atom is 0.138 e. The number of nitrogens with zero attached hydrogens (tertiary/aromatic N) is 3. The number of rotatable bonds is 1. The van der Waals surface area contributed by atoms with Crippen LogP contribution in [-0.4, -0.2) is 21.0 Å². The molecule has 74 valence electrons. The van der Waals surface area contributed by atoms with Crippen molar-refractivity contribution >= 4 is 0 Å². The normalized spacial score (nSPS) is 27.1. The molecule has 0 spiro atoms. The molecule has 4 heteroatoms. The number of nitriles is 1. The molecule has 1 heterocycles. The minimum atomic E-state index is -0.351. The van der Waals surface area contributed by atoms with Gasteiger partial charge in [-0.05, 0) is 18.9 Å². The molecule has 2 unspecified atom stereocenters. The lowest BCUT2D eigenvalue weighted by Crippen LogP contribution is -2.29. The minimum absolute atomic E-state index is 0.00611. The van der Waals surface area contributed by atoms with E-state index in [1.165, 1.54) is 0 Å². The number of hydrogen-bond donors (Lipinski definition) is 1. The molecule has 1 aliphatic rings. The third-order valence-corrected chi connectivity index (χ3v) is 2.79. The van der Waals surface area contributed by atoms with Crippen molar-refractivity contribution in [2.75, 3.05) is 0 Å². The van der Waals surface area contributed by atoms with Gasteiger partial charge in [0.25, 0.3) is 0 Å². The molecule has 1 N–H and O–H groups in total. The molecule has 4 nitrogen and oxygen atoms in total. The summed E-state index contributed by atoms with van der Waals surface area (Å²) < 4.78 is 1.66. The molecule has 2 rings (SSSR count). The van der Waals surface area contributed by atoms with Gasteiger partial charge in [-0.2, -0.15) is 10.4 Å². The van der Waals surface area contributed by atoms with Gasteiger partial charge in [0, 0.05) is 0 Å². The summed E-state index contributed by atoms with van der Waals surface area (Å²) in [5, 5.41) is 22.7. The Balaban J connectivity index is 2.25. The average molecular weight is 191 g/mol. The van der Waals surface area contributed by atoms with Gasteiger partial charge in [-0.3, -0.25) is 0 Å². The number of hydrogen-bond acceptors (Lipinski definition) is 3. The number of aliphatic hydroxyl groups excluding tert-OH is 1. The molecule has 0 radical (unpaired) electrons. The molecule has 0 bridgehead atoms. The molecule has 2 atom stereocenters. The SMILES string of the molecule is N#Cc1ccnn1C1CCCCC1O. The van der Waals surface area contributed by atoms with Gasteiger partial charge >= 0.3 is 0 Å². The van der Waals surface area contributed by atoms with Crippen molar-refractivity contribution in [3.05, 3.63) is 18.0 Å². The maximum atomic E-state index is 9.79. The fourth-order valence-corrected chi connectivity index (χ4v) is 2.04. The highest BCUT2D eigenvalue weighted by Crippen LogP contribution is 2.28. The van der Waals surface area contributed by atoms with Crippen LogP contribution in [0.3, 0.4) is 0 Å². The van der Waals surface area contributed by atoms with Crippen LogP contribution in [-0.2, 0) is 0 Å². The van der Waals surface area contributed by atoms with Gasteiger partial charge in [0.1, 0.15) is 11.8 Å². The molecule has 0 amide bonds. The molecular weight excluding hydrogens is 178 g/mol. The van der Waals surface area contributed by atoms with E-state index in [0.717, 1.165) is 25.7 Å². The van der Waals surface area contributed by atoms with Crippen LogP contribution in [0.15, 0.2) is 12.3 Å². The molecule has 1 aromatic rings. The molecule has 1 aliphatic carbocycles. The van der Waals surface area contributed by atoms with E-state index in [1.807, 2.05) is 0 Å². The topological polar surface area (TPSA) is 61.8 Å². The number of aliphatic hydroxyl groups is 1. The zero-order valence-electron chi connectivity index (χ0n) is 7.93. The highest BCUT2D eigenvalue weighted by atomic mass is 16.3. The van der Waals surface area contributed by atoms with Crippen LogP contribution < -0.4 is 0 Å². The maximum absolute atomic E-state index is 9.79. The summed E-state index contributed by atoms with van der Waals surface area (Å²) in [5.74, 6) is 0. The molecule has 1 fully saturated rings. The Morgan fingerprint density at radius 3 is 3.00 bits per heavy atom. The number of aromatic nitrogens is 2. The van der Waals surface area contributed by atoms with Gasteiger partial charge in [0.15, 0.2) is 0 Å². The predicted octanol–water partition coefficient (Wildman–Crippen LogP) is 1.23. The summed E-state index contributed by atoms with van der Waals surface area (Å²) >= 11 is 0. The van der Waals surface area contributed by atoms with E-state index < -0.39 is 0 Å². The van der Waals surface area contributed by atoms with E-state index in [-0.39, 0.29) is 12.1 Å². The summed E-state index contributed by atoms with van der Waals surface area (Å²) in [6, 6.07) is 3.76. The second kappa shape index (κ2) is 3.81. The van der Waals surface area contributed by atoms with Crippen LogP contribution in [0.2, 0.25) is 0 Å². The minimum Gasteiger partial charge on any atom is -0.391 e. The lowest BCUT2D eigenvalue weighted by molar-refractivity contribution is 0.0690. The van der Waals surface area contributed by atoms with Crippen molar-refractivity contribution in [1.82, 2.24) is 9.78 Å². The van der Waals surface area contributed by atoms with Gasteiger partial charge < -0.3 is 5.11 Å². The first-order chi connectivity index (χ1) is 6.83. The van der Waals surface area contributed by atoms with Crippen LogP contribution in [0.1, 0.15) is 37.4 Å². The first-order valence-corrected chi connectivity index (χ1v) is 4.94. The van der Waals surface area contributed by atoms with Crippen molar-refractivity contribution in [2.45, 2.75) is 37.8 Å². The van der Waals surface area contributed by atoms with E-state index in [1.54, 1.807) is 16.9 Å². The van der Waals surface area contributed by atoms with Crippen molar-refractivity contribution in [3.63, 3.8) is 0 Å². The molecule has 0 saturated heterocycles. The van der Waals surface area contributed by atoms with Crippen LogP contribution >= 0.6 is 0 Å². The van der Waals surface area contributed by atoms with Crippen molar-refractivity contribution in [2.24, 2.45) is 0 Å². The van der Waals surface area contributed by atoms with Gasteiger partial charge in [0.05, 0.1) is 18.3 Å².